The normalized spacial score (nSPS) is 32.9. The van der Waals surface area contributed by atoms with E-state index >= 15 is 0 Å². The molecule has 2 fully saturated rings. The third kappa shape index (κ3) is 2.24. The summed E-state index contributed by atoms with van der Waals surface area (Å²) in [5, 5.41) is 0. The van der Waals surface area contributed by atoms with E-state index in [4.69, 9.17) is 5.73 Å². The summed E-state index contributed by atoms with van der Waals surface area (Å²) >= 11 is 0. The Morgan fingerprint density at radius 3 is 2.71 bits per heavy atom. The number of hydrogen-bond donors (Lipinski definition) is 1. The third-order valence-corrected chi connectivity index (χ3v) is 4.63. The fourth-order valence-electron chi connectivity index (χ4n) is 3.73. The van der Waals surface area contributed by atoms with Crippen LogP contribution in [0.3, 0.4) is 0 Å². The average Bonchev–Trinajstić information content (AvgIpc) is 2.89. The van der Waals surface area contributed by atoms with Gasteiger partial charge in [-0.3, -0.25) is 4.90 Å². The van der Waals surface area contributed by atoms with Crippen molar-refractivity contribution in [2.45, 2.75) is 19.4 Å². The summed E-state index contributed by atoms with van der Waals surface area (Å²) in [6, 6.07) is 10.8. The van der Waals surface area contributed by atoms with E-state index in [1.165, 1.54) is 31.5 Å². The van der Waals surface area contributed by atoms with E-state index in [0.717, 1.165) is 30.8 Å². The molecule has 1 saturated heterocycles. The maximum Gasteiger partial charge on any atom is 0.0233 e. The van der Waals surface area contributed by atoms with Gasteiger partial charge in [0.15, 0.2) is 0 Å². The summed E-state index contributed by atoms with van der Waals surface area (Å²) in [6.07, 6.45) is 2.77. The van der Waals surface area contributed by atoms with Crippen LogP contribution in [0, 0.1) is 17.8 Å². The number of benzene rings is 1. The standard InChI is InChI=1S/C15H22N2/c16-8-13-6-7-14-10-17(11-15(13)14)9-12-4-2-1-3-5-12/h1-5,13-15H,6-11,16H2. The topological polar surface area (TPSA) is 29.3 Å². The van der Waals surface area contributed by atoms with Crippen molar-refractivity contribution >= 4 is 0 Å². The molecular formula is C15H22N2. The second kappa shape index (κ2) is 4.79. The predicted octanol–water partition coefficient (Wildman–Crippen LogP) is 2.10. The minimum absolute atomic E-state index is 0.792. The molecule has 3 unspecified atom stereocenters. The molecule has 1 aromatic carbocycles. The molecule has 2 N–H and O–H groups in total. The molecule has 92 valence electrons. The summed E-state index contributed by atoms with van der Waals surface area (Å²) < 4.78 is 0. The fourth-order valence-corrected chi connectivity index (χ4v) is 3.73. The van der Waals surface area contributed by atoms with Crippen molar-refractivity contribution in [1.29, 1.82) is 0 Å². The van der Waals surface area contributed by atoms with Crippen molar-refractivity contribution in [2.24, 2.45) is 23.5 Å². The molecular weight excluding hydrogens is 208 g/mol. The first-order valence-corrected chi connectivity index (χ1v) is 6.83. The Bertz CT molecular complexity index is 362. The van der Waals surface area contributed by atoms with Crippen LogP contribution in [0.1, 0.15) is 18.4 Å². The second-order valence-corrected chi connectivity index (χ2v) is 5.68. The Hall–Kier alpha value is -0.860. The Labute approximate surface area is 104 Å². The van der Waals surface area contributed by atoms with Gasteiger partial charge < -0.3 is 5.73 Å². The zero-order valence-electron chi connectivity index (χ0n) is 10.4. The maximum atomic E-state index is 5.87. The SMILES string of the molecule is NCC1CCC2CN(Cc3ccccc3)CC12. The van der Waals surface area contributed by atoms with Crippen molar-refractivity contribution in [3.63, 3.8) is 0 Å². The lowest BCUT2D eigenvalue weighted by molar-refractivity contribution is 0.284. The van der Waals surface area contributed by atoms with Crippen molar-refractivity contribution < 1.29 is 0 Å². The highest BCUT2D eigenvalue weighted by Gasteiger charge is 2.41. The van der Waals surface area contributed by atoms with Gasteiger partial charge in [0.25, 0.3) is 0 Å². The minimum Gasteiger partial charge on any atom is -0.330 e. The molecule has 17 heavy (non-hydrogen) atoms. The summed E-state index contributed by atoms with van der Waals surface area (Å²) in [5.41, 5.74) is 7.31. The molecule has 0 aromatic heterocycles. The molecule has 1 saturated carbocycles. The molecule has 2 aliphatic rings. The molecule has 2 heteroatoms. The smallest absolute Gasteiger partial charge is 0.0233 e. The number of nitrogens with two attached hydrogens (primary N) is 1. The molecule has 3 atom stereocenters. The van der Waals surface area contributed by atoms with E-state index in [9.17, 15) is 0 Å². The van der Waals surface area contributed by atoms with Crippen LogP contribution in [0.2, 0.25) is 0 Å². The zero-order valence-corrected chi connectivity index (χ0v) is 10.4. The Kier molecular flexibility index (Phi) is 3.17. The molecule has 0 bridgehead atoms. The number of rotatable bonds is 3. The molecule has 1 aliphatic carbocycles. The molecule has 1 heterocycles. The fraction of sp³-hybridized carbons (Fsp3) is 0.600. The summed E-state index contributed by atoms with van der Waals surface area (Å²) in [4.78, 5) is 2.62. The average molecular weight is 230 g/mol. The summed E-state index contributed by atoms with van der Waals surface area (Å²) in [5.74, 6) is 2.59. The zero-order chi connectivity index (χ0) is 11.7. The van der Waals surface area contributed by atoms with Gasteiger partial charge in [0.05, 0.1) is 0 Å². The highest BCUT2D eigenvalue weighted by Crippen LogP contribution is 2.41. The minimum atomic E-state index is 0.792. The highest BCUT2D eigenvalue weighted by molar-refractivity contribution is 5.15. The van der Waals surface area contributed by atoms with Crippen LogP contribution < -0.4 is 5.73 Å². The Morgan fingerprint density at radius 1 is 1.12 bits per heavy atom. The van der Waals surface area contributed by atoms with Crippen LogP contribution in [0.4, 0.5) is 0 Å². The van der Waals surface area contributed by atoms with Crippen molar-refractivity contribution in [2.75, 3.05) is 19.6 Å². The summed E-state index contributed by atoms with van der Waals surface area (Å²) in [7, 11) is 0. The third-order valence-electron chi connectivity index (χ3n) is 4.63. The Balaban J connectivity index is 1.62. The first kappa shape index (κ1) is 11.2. The van der Waals surface area contributed by atoms with E-state index in [-0.39, 0.29) is 0 Å². The molecule has 2 nitrogen and oxygen atoms in total. The number of fused-ring (bicyclic) bond motifs is 1. The van der Waals surface area contributed by atoms with Crippen LogP contribution >= 0.6 is 0 Å². The van der Waals surface area contributed by atoms with Crippen LogP contribution in [-0.2, 0) is 6.54 Å². The van der Waals surface area contributed by atoms with Crippen molar-refractivity contribution in [1.82, 2.24) is 4.90 Å². The molecule has 0 radical (unpaired) electrons. The quantitative estimate of drug-likeness (QED) is 0.861. The van der Waals surface area contributed by atoms with E-state index < -0.39 is 0 Å². The van der Waals surface area contributed by atoms with Crippen LogP contribution in [-0.4, -0.2) is 24.5 Å². The van der Waals surface area contributed by atoms with Gasteiger partial charge in [-0.25, -0.2) is 0 Å². The van der Waals surface area contributed by atoms with Gasteiger partial charge in [-0.2, -0.15) is 0 Å². The van der Waals surface area contributed by atoms with Gasteiger partial charge in [0.1, 0.15) is 0 Å². The first-order chi connectivity index (χ1) is 8.36. The van der Waals surface area contributed by atoms with Gasteiger partial charge in [0, 0.05) is 19.6 Å². The lowest BCUT2D eigenvalue weighted by Crippen LogP contribution is -2.25. The van der Waals surface area contributed by atoms with Gasteiger partial charge in [0.2, 0.25) is 0 Å². The van der Waals surface area contributed by atoms with Crippen molar-refractivity contribution in [3.8, 4) is 0 Å². The van der Waals surface area contributed by atoms with Crippen LogP contribution in [0.25, 0.3) is 0 Å². The van der Waals surface area contributed by atoms with E-state index in [1.807, 2.05) is 0 Å². The number of nitrogens with zero attached hydrogens (tertiary/aromatic N) is 1. The number of likely N-dealkylation sites (tertiary alicyclic amines) is 1. The van der Waals surface area contributed by atoms with Crippen molar-refractivity contribution in [3.05, 3.63) is 35.9 Å². The summed E-state index contributed by atoms with van der Waals surface area (Å²) in [6.45, 7) is 4.56. The predicted molar refractivity (Wildman–Crippen MR) is 70.5 cm³/mol. The van der Waals surface area contributed by atoms with E-state index in [1.54, 1.807) is 0 Å². The Morgan fingerprint density at radius 2 is 1.94 bits per heavy atom. The number of hydrogen-bond acceptors (Lipinski definition) is 2. The van der Waals surface area contributed by atoms with Gasteiger partial charge in [-0.05, 0) is 42.7 Å². The lowest BCUT2D eigenvalue weighted by Gasteiger charge is -2.19. The van der Waals surface area contributed by atoms with E-state index in [2.05, 4.69) is 35.2 Å². The van der Waals surface area contributed by atoms with Crippen LogP contribution in [0.5, 0.6) is 0 Å². The first-order valence-electron chi connectivity index (χ1n) is 6.83. The molecule has 1 aromatic rings. The molecule has 3 rings (SSSR count). The van der Waals surface area contributed by atoms with E-state index in [0.29, 0.717) is 0 Å². The van der Waals surface area contributed by atoms with Gasteiger partial charge in [-0.1, -0.05) is 30.3 Å². The highest BCUT2D eigenvalue weighted by atomic mass is 15.2. The largest absolute Gasteiger partial charge is 0.330 e. The molecule has 1 aliphatic heterocycles. The van der Waals surface area contributed by atoms with Crippen LogP contribution in [0.15, 0.2) is 30.3 Å². The lowest BCUT2D eigenvalue weighted by atomic mass is 9.93. The van der Waals surface area contributed by atoms with Gasteiger partial charge in [-0.15, -0.1) is 0 Å². The van der Waals surface area contributed by atoms with Gasteiger partial charge >= 0.3 is 0 Å². The monoisotopic (exact) mass is 230 g/mol. The molecule has 0 spiro atoms. The second-order valence-electron chi connectivity index (χ2n) is 5.68. The maximum absolute atomic E-state index is 5.87. The molecule has 0 amide bonds.